The number of carbonyl (C=O) groups excluding carboxylic acids is 1. The average Bonchev–Trinajstić information content (AvgIpc) is 2.94. The van der Waals surface area contributed by atoms with E-state index in [2.05, 4.69) is 6.58 Å². The molecule has 9 heteroatoms. The van der Waals surface area contributed by atoms with E-state index in [1.807, 2.05) is 0 Å². The van der Waals surface area contributed by atoms with Crippen LogP contribution in [-0.2, 0) is 11.0 Å². The van der Waals surface area contributed by atoms with Crippen molar-refractivity contribution in [2.75, 3.05) is 11.5 Å². The maximum Gasteiger partial charge on any atom is 0.417 e. The van der Waals surface area contributed by atoms with Crippen LogP contribution in [0, 0.1) is 0 Å². The fourth-order valence-electron chi connectivity index (χ4n) is 2.53. The minimum absolute atomic E-state index is 0.0146. The lowest BCUT2D eigenvalue weighted by molar-refractivity contribution is -0.137. The van der Waals surface area contributed by atoms with Crippen molar-refractivity contribution in [1.82, 2.24) is 0 Å². The third-order valence-corrected chi connectivity index (χ3v) is 5.48. The predicted octanol–water partition coefficient (Wildman–Crippen LogP) is 6.33. The minimum atomic E-state index is -4.64. The molecule has 1 fully saturated rings. The largest absolute Gasteiger partial charge is 0.490 e. The van der Waals surface area contributed by atoms with E-state index in [0.717, 1.165) is 34.4 Å². The maximum absolute atomic E-state index is 13.1. The van der Waals surface area contributed by atoms with Crippen LogP contribution in [0.15, 0.2) is 60.0 Å². The van der Waals surface area contributed by atoms with Crippen LogP contribution in [0.2, 0.25) is 5.02 Å². The molecule has 0 spiro atoms. The van der Waals surface area contributed by atoms with Crippen LogP contribution in [0.5, 0.6) is 5.75 Å². The van der Waals surface area contributed by atoms with E-state index >= 15 is 0 Å². The monoisotopic (exact) mass is 455 g/mol. The Morgan fingerprint density at radius 2 is 1.90 bits per heavy atom. The Balaban J connectivity index is 1.86. The van der Waals surface area contributed by atoms with E-state index in [-0.39, 0.29) is 10.0 Å². The molecule has 2 aromatic rings. The predicted molar refractivity (Wildman–Crippen MR) is 114 cm³/mol. The van der Waals surface area contributed by atoms with E-state index in [9.17, 15) is 18.0 Å². The van der Waals surface area contributed by atoms with Gasteiger partial charge in [0.1, 0.15) is 12.4 Å². The quantitative estimate of drug-likeness (QED) is 0.299. The summed E-state index contributed by atoms with van der Waals surface area (Å²) in [6.07, 6.45) is -1.39. The number of thioether (sulfide) groups is 1. The molecule has 1 aliphatic rings. The lowest BCUT2D eigenvalue weighted by atomic mass is 10.1. The van der Waals surface area contributed by atoms with Gasteiger partial charge in [-0.25, -0.2) is 0 Å². The van der Waals surface area contributed by atoms with Gasteiger partial charge in [0.2, 0.25) is 0 Å². The van der Waals surface area contributed by atoms with Gasteiger partial charge >= 0.3 is 6.18 Å². The Labute approximate surface area is 179 Å². The molecule has 1 amide bonds. The van der Waals surface area contributed by atoms with Gasteiger partial charge in [0.05, 0.1) is 21.2 Å². The van der Waals surface area contributed by atoms with Crippen molar-refractivity contribution in [1.29, 1.82) is 0 Å². The van der Waals surface area contributed by atoms with Gasteiger partial charge in [-0.3, -0.25) is 9.69 Å². The number of carbonyl (C=O) groups is 1. The van der Waals surface area contributed by atoms with Gasteiger partial charge in [0.15, 0.2) is 4.32 Å². The molecule has 0 bridgehead atoms. The van der Waals surface area contributed by atoms with Gasteiger partial charge in [-0.15, -0.1) is 0 Å². The van der Waals surface area contributed by atoms with Crippen LogP contribution in [0.25, 0.3) is 6.08 Å². The summed E-state index contributed by atoms with van der Waals surface area (Å²) in [6.45, 7) is 3.95. The first-order chi connectivity index (χ1) is 13.7. The molecule has 0 atom stereocenters. The normalized spacial score (nSPS) is 15.9. The Bertz CT molecular complexity index is 1000. The first-order valence-corrected chi connectivity index (χ1v) is 9.79. The number of benzene rings is 2. The highest BCUT2D eigenvalue weighted by molar-refractivity contribution is 8.27. The second-order valence-electron chi connectivity index (χ2n) is 5.85. The lowest BCUT2D eigenvalue weighted by Crippen LogP contribution is -2.27. The molecule has 150 valence electrons. The molecule has 3 nitrogen and oxygen atoms in total. The Hall–Kier alpha value is -2.29. The SMILES string of the molecule is C=CCOc1ccc(/C=C2/SC(=S)N(c3ccc(Cl)c(C(F)(F)F)c3)C2=O)cc1. The highest BCUT2D eigenvalue weighted by atomic mass is 35.5. The second-order valence-corrected chi connectivity index (χ2v) is 7.93. The van der Waals surface area contributed by atoms with Crippen molar-refractivity contribution in [2.45, 2.75) is 6.18 Å². The highest BCUT2D eigenvalue weighted by Gasteiger charge is 2.37. The van der Waals surface area contributed by atoms with Gasteiger partial charge in [-0.2, -0.15) is 13.2 Å². The summed E-state index contributed by atoms with van der Waals surface area (Å²) in [7, 11) is 0. The number of nitrogens with zero attached hydrogens (tertiary/aromatic N) is 1. The van der Waals surface area contributed by atoms with Crippen molar-refractivity contribution in [3.8, 4) is 5.75 Å². The third-order valence-electron chi connectivity index (χ3n) is 3.85. The van der Waals surface area contributed by atoms with E-state index in [0.29, 0.717) is 17.3 Å². The molecular weight excluding hydrogens is 443 g/mol. The number of hydrogen-bond donors (Lipinski definition) is 0. The zero-order valence-electron chi connectivity index (χ0n) is 14.7. The summed E-state index contributed by atoms with van der Waals surface area (Å²) in [5.41, 5.74) is -0.283. The summed E-state index contributed by atoms with van der Waals surface area (Å²) in [6, 6.07) is 10.3. The molecule has 0 aliphatic carbocycles. The molecule has 2 aromatic carbocycles. The van der Waals surface area contributed by atoms with Crippen molar-refractivity contribution in [3.05, 3.63) is 76.2 Å². The lowest BCUT2D eigenvalue weighted by Gasteiger charge is -2.17. The fourth-order valence-corrected chi connectivity index (χ4v) is 4.05. The third kappa shape index (κ3) is 4.83. The first kappa shape index (κ1) is 21.4. The summed E-state index contributed by atoms with van der Waals surface area (Å²) in [5.74, 6) is 0.151. The zero-order valence-corrected chi connectivity index (χ0v) is 17.1. The molecule has 0 saturated carbocycles. The number of amides is 1. The molecule has 0 N–H and O–H groups in total. The smallest absolute Gasteiger partial charge is 0.417 e. The van der Waals surface area contributed by atoms with Crippen LogP contribution >= 0.6 is 35.6 Å². The topological polar surface area (TPSA) is 29.5 Å². The second kappa shape index (κ2) is 8.61. The van der Waals surface area contributed by atoms with E-state index < -0.39 is 22.7 Å². The standard InChI is InChI=1S/C20H13ClF3NO2S2/c1-2-9-27-14-6-3-12(4-7-14)10-17-18(26)25(19(28)29-17)13-5-8-16(21)15(11-13)20(22,23)24/h2-8,10-11H,1,9H2/b17-10+. The van der Waals surface area contributed by atoms with Crippen LogP contribution in [0.1, 0.15) is 11.1 Å². The molecule has 0 unspecified atom stereocenters. The van der Waals surface area contributed by atoms with E-state index in [1.165, 1.54) is 6.07 Å². The van der Waals surface area contributed by atoms with Crippen molar-refractivity contribution in [2.24, 2.45) is 0 Å². The number of hydrogen-bond acceptors (Lipinski definition) is 4. The number of rotatable bonds is 5. The highest BCUT2D eigenvalue weighted by Crippen LogP contribution is 2.40. The Morgan fingerprint density at radius 3 is 2.52 bits per heavy atom. The molecule has 3 rings (SSSR count). The fraction of sp³-hybridized carbons (Fsp3) is 0.100. The van der Waals surface area contributed by atoms with Crippen LogP contribution in [0.4, 0.5) is 18.9 Å². The number of anilines is 1. The summed E-state index contributed by atoms with van der Waals surface area (Å²) in [5, 5.41) is -0.444. The van der Waals surface area contributed by atoms with Crippen molar-refractivity contribution >= 4 is 57.6 Å². The number of thiocarbonyl (C=S) groups is 1. The molecule has 1 saturated heterocycles. The zero-order chi connectivity index (χ0) is 21.2. The van der Waals surface area contributed by atoms with Gasteiger partial charge in [0.25, 0.3) is 5.91 Å². The van der Waals surface area contributed by atoms with Gasteiger partial charge in [0, 0.05) is 0 Å². The molecule has 29 heavy (non-hydrogen) atoms. The molecular formula is C20H13ClF3NO2S2. The summed E-state index contributed by atoms with van der Waals surface area (Å²) >= 11 is 11.9. The van der Waals surface area contributed by atoms with E-state index in [4.69, 9.17) is 28.6 Å². The van der Waals surface area contributed by atoms with Crippen molar-refractivity contribution in [3.63, 3.8) is 0 Å². The molecule has 0 aromatic heterocycles. The Morgan fingerprint density at radius 1 is 1.21 bits per heavy atom. The summed E-state index contributed by atoms with van der Waals surface area (Å²) < 4.78 is 44.9. The van der Waals surface area contributed by atoms with Crippen LogP contribution in [-0.4, -0.2) is 16.8 Å². The first-order valence-electron chi connectivity index (χ1n) is 8.19. The van der Waals surface area contributed by atoms with Crippen LogP contribution < -0.4 is 9.64 Å². The minimum Gasteiger partial charge on any atom is -0.490 e. The van der Waals surface area contributed by atoms with Crippen molar-refractivity contribution < 1.29 is 22.7 Å². The maximum atomic E-state index is 13.1. The van der Waals surface area contributed by atoms with Crippen LogP contribution in [0.3, 0.4) is 0 Å². The van der Waals surface area contributed by atoms with Gasteiger partial charge in [-0.1, -0.05) is 60.4 Å². The number of halogens is 4. The van der Waals surface area contributed by atoms with E-state index in [1.54, 1.807) is 36.4 Å². The molecule has 0 radical (unpaired) electrons. The number of ether oxygens (including phenoxy) is 1. The Kier molecular flexibility index (Phi) is 6.36. The molecule has 1 heterocycles. The summed E-state index contributed by atoms with van der Waals surface area (Å²) in [4.78, 5) is 14.1. The number of alkyl halides is 3. The van der Waals surface area contributed by atoms with Gasteiger partial charge in [-0.05, 0) is 42.0 Å². The molecule has 1 aliphatic heterocycles. The average molecular weight is 456 g/mol. The van der Waals surface area contributed by atoms with Gasteiger partial charge < -0.3 is 4.74 Å².